The first-order valence-corrected chi connectivity index (χ1v) is 9.87. The van der Waals surface area contributed by atoms with Crippen molar-refractivity contribution in [3.63, 3.8) is 0 Å². The van der Waals surface area contributed by atoms with Gasteiger partial charge in [0.05, 0.1) is 0 Å². The molecule has 1 fully saturated rings. The number of nitrogens with zero attached hydrogens (tertiary/aromatic N) is 1. The van der Waals surface area contributed by atoms with Gasteiger partial charge in [0.25, 0.3) is 0 Å². The van der Waals surface area contributed by atoms with Gasteiger partial charge in [0, 0.05) is 37.3 Å². The smallest absolute Gasteiger partial charge is 0.315 e. The Balaban J connectivity index is 1.46. The van der Waals surface area contributed by atoms with Crippen molar-refractivity contribution in [1.29, 1.82) is 0 Å². The van der Waals surface area contributed by atoms with Gasteiger partial charge in [0.1, 0.15) is 0 Å². The molecule has 2 aromatic carbocycles. The molecule has 0 spiro atoms. The summed E-state index contributed by atoms with van der Waals surface area (Å²) >= 11 is 0. The number of urea groups is 1. The fourth-order valence-electron chi connectivity index (χ4n) is 3.51. The lowest BCUT2D eigenvalue weighted by atomic mass is 9.84. The van der Waals surface area contributed by atoms with Crippen LogP contribution >= 0.6 is 0 Å². The van der Waals surface area contributed by atoms with Crippen molar-refractivity contribution in [3.05, 3.63) is 65.2 Å². The van der Waals surface area contributed by atoms with Gasteiger partial charge >= 0.3 is 6.03 Å². The molecular weight excluding hydrogens is 334 g/mol. The molecule has 2 N–H and O–H groups in total. The number of amides is 2. The van der Waals surface area contributed by atoms with Gasteiger partial charge in [-0.15, -0.1) is 0 Å². The molecule has 0 bridgehead atoms. The van der Waals surface area contributed by atoms with E-state index >= 15 is 0 Å². The molecule has 4 heteroatoms. The molecular formula is C23H31N3O. The van der Waals surface area contributed by atoms with Crippen LogP contribution in [0, 0.1) is 6.92 Å². The Bertz CT molecular complexity index is 761. The number of carbonyl (C=O) groups excluding carboxylic acids is 1. The molecule has 4 nitrogen and oxygen atoms in total. The Hall–Kier alpha value is -2.49. The van der Waals surface area contributed by atoms with Crippen LogP contribution in [0.5, 0.6) is 0 Å². The third-order valence-electron chi connectivity index (χ3n) is 5.35. The zero-order valence-electron chi connectivity index (χ0n) is 16.7. The fourth-order valence-corrected chi connectivity index (χ4v) is 3.51. The van der Waals surface area contributed by atoms with Crippen molar-refractivity contribution < 1.29 is 4.79 Å². The Morgan fingerprint density at radius 2 is 1.74 bits per heavy atom. The lowest BCUT2D eigenvalue weighted by Crippen LogP contribution is -2.42. The van der Waals surface area contributed by atoms with E-state index in [2.05, 4.69) is 84.8 Å². The minimum atomic E-state index is -0.126. The molecule has 1 saturated heterocycles. The highest BCUT2D eigenvalue weighted by molar-refractivity contribution is 5.74. The van der Waals surface area contributed by atoms with E-state index in [1.807, 2.05) is 0 Å². The molecule has 0 unspecified atom stereocenters. The fraction of sp³-hybridized carbons (Fsp3) is 0.435. The summed E-state index contributed by atoms with van der Waals surface area (Å²) in [6.07, 6.45) is 2.56. The van der Waals surface area contributed by atoms with Gasteiger partial charge in [-0.05, 0) is 43.0 Å². The topological polar surface area (TPSA) is 44.4 Å². The van der Waals surface area contributed by atoms with Crippen LogP contribution < -0.4 is 15.5 Å². The van der Waals surface area contributed by atoms with Gasteiger partial charge in [-0.1, -0.05) is 55.8 Å². The standard InChI is InChI=1S/C23H31N3O/c1-18-7-6-8-20(15-18)23(2,3)17-25-22(27)24-16-19-9-11-21(12-10-19)26-13-4-5-14-26/h6-12,15H,4-5,13-14,16-17H2,1-3H3,(H2,24,25,27). The van der Waals surface area contributed by atoms with Crippen LogP contribution in [0.1, 0.15) is 43.4 Å². The summed E-state index contributed by atoms with van der Waals surface area (Å²) in [4.78, 5) is 14.6. The highest BCUT2D eigenvalue weighted by Crippen LogP contribution is 2.23. The number of rotatable bonds is 6. The number of anilines is 1. The first-order valence-electron chi connectivity index (χ1n) is 9.87. The Labute approximate surface area is 163 Å². The number of aryl methyl sites for hydroxylation is 1. The summed E-state index contributed by atoms with van der Waals surface area (Å²) in [6, 6.07) is 16.8. The monoisotopic (exact) mass is 365 g/mol. The SMILES string of the molecule is Cc1cccc(C(C)(C)CNC(=O)NCc2ccc(N3CCCC3)cc2)c1. The number of carbonyl (C=O) groups is 1. The predicted molar refractivity (Wildman–Crippen MR) is 112 cm³/mol. The quantitative estimate of drug-likeness (QED) is 0.798. The molecule has 2 amide bonds. The van der Waals surface area contributed by atoms with Gasteiger partial charge in [-0.25, -0.2) is 4.79 Å². The average molecular weight is 366 g/mol. The van der Waals surface area contributed by atoms with Crippen LogP contribution in [0.2, 0.25) is 0 Å². The van der Waals surface area contributed by atoms with Crippen LogP contribution in [0.25, 0.3) is 0 Å². The number of hydrogen-bond acceptors (Lipinski definition) is 2. The average Bonchev–Trinajstić information content (AvgIpc) is 3.20. The van der Waals surface area contributed by atoms with Gasteiger partial charge in [0.2, 0.25) is 0 Å². The molecule has 0 radical (unpaired) electrons. The number of nitrogens with one attached hydrogen (secondary N) is 2. The summed E-state index contributed by atoms with van der Waals surface area (Å²) in [6.45, 7) is 9.83. The third-order valence-corrected chi connectivity index (χ3v) is 5.35. The minimum absolute atomic E-state index is 0.110. The maximum absolute atomic E-state index is 12.2. The van der Waals surface area contributed by atoms with Crippen LogP contribution in [0.3, 0.4) is 0 Å². The third kappa shape index (κ3) is 5.25. The van der Waals surface area contributed by atoms with Gasteiger partial charge in [-0.2, -0.15) is 0 Å². The second kappa shape index (κ2) is 8.47. The minimum Gasteiger partial charge on any atom is -0.372 e. The lowest BCUT2D eigenvalue weighted by Gasteiger charge is -2.26. The molecule has 2 aromatic rings. The van der Waals surface area contributed by atoms with Crippen LogP contribution in [-0.2, 0) is 12.0 Å². The van der Waals surface area contributed by atoms with E-state index in [9.17, 15) is 4.79 Å². The number of benzene rings is 2. The Morgan fingerprint density at radius 1 is 1.04 bits per heavy atom. The molecule has 0 aromatic heterocycles. The Kier molecular flexibility index (Phi) is 6.04. The molecule has 3 rings (SSSR count). The molecule has 0 atom stereocenters. The molecule has 1 heterocycles. The van der Waals surface area contributed by atoms with Gasteiger partial charge in [0.15, 0.2) is 0 Å². The van der Waals surface area contributed by atoms with Crippen molar-refractivity contribution >= 4 is 11.7 Å². The van der Waals surface area contributed by atoms with Gasteiger partial charge in [-0.3, -0.25) is 0 Å². The highest BCUT2D eigenvalue weighted by Gasteiger charge is 2.21. The van der Waals surface area contributed by atoms with Crippen LogP contribution in [-0.4, -0.2) is 25.7 Å². The summed E-state index contributed by atoms with van der Waals surface area (Å²) in [5.74, 6) is 0. The van der Waals surface area contributed by atoms with Crippen molar-refractivity contribution in [1.82, 2.24) is 10.6 Å². The summed E-state index contributed by atoms with van der Waals surface area (Å²) < 4.78 is 0. The summed E-state index contributed by atoms with van der Waals surface area (Å²) in [5, 5.41) is 5.97. The van der Waals surface area contributed by atoms with E-state index in [1.54, 1.807) is 0 Å². The maximum atomic E-state index is 12.2. The van der Waals surface area contributed by atoms with Crippen molar-refractivity contribution in [2.45, 2.75) is 45.6 Å². The highest BCUT2D eigenvalue weighted by atomic mass is 16.2. The molecule has 144 valence electrons. The molecule has 1 aliphatic rings. The first kappa shape index (κ1) is 19.3. The van der Waals surface area contributed by atoms with E-state index in [0.29, 0.717) is 13.1 Å². The molecule has 1 aliphatic heterocycles. The molecule has 27 heavy (non-hydrogen) atoms. The number of hydrogen-bond donors (Lipinski definition) is 2. The van der Waals surface area contributed by atoms with E-state index in [1.165, 1.54) is 29.7 Å². The maximum Gasteiger partial charge on any atom is 0.315 e. The first-order chi connectivity index (χ1) is 12.9. The summed E-state index contributed by atoms with van der Waals surface area (Å²) in [7, 11) is 0. The lowest BCUT2D eigenvalue weighted by molar-refractivity contribution is 0.238. The van der Waals surface area contributed by atoms with Crippen molar-refractivity contribution in [3.8, 4) is 0 Å². The van der Waals surface area contributed by atoms with E-state index in [-0.39, 0.29) is 11.4 Å². The van der Waals surface area contributed by atoms with Gasteiger partial charge < -0.3 is 15.5 Å². The van der Waals surface area contributed by atoms with Crippen LogP contribution in [0.15, 0.2) is 48.5 Å². The largest absolute Gasteiger partial charge is 0.372 e. The second-order valence-corrected chi connectivity index (χ2v) is 8.15. The zero-order valence-corrected chi connectivity index (χ0v) is 16.7. The zero-order chi connectivity index (χ0) is 19.3. The predicted octanol–water partition coefficient (Wildman–Crippen LogP) is 4.37. The summed E-state index contributed by atoms with van der Waals surface area (Å²) in [5.41, 5.74) is 4.76. The van der Waals surface area contributed by atoms with Crippen LogP contribution in [0.4, 0.5) is 10.5 Å². The Morgan fingerprint density at radius 3 is 2.41 bits per heavy atom. The second-order valence-electron chi connectivity index (χ2n) is 8.15. The molecule has 0 saturated carbocycles. The van der Waals surface area contributed by atoms with E-state index in [4.69, 9.17) is 0 Å². The van der Waals surface area contributed by atoms with E-state index in [0.717, 1.165) is 18.7 Å². The van der Waals surface area contributed by atoms with Crippen molar-refractivity contribution in [2.75, 3.05) is 24.5 Å². The van der Waals surface area contributed by atoms with E-state index < -0.39 is 0 Å². The van der Waals surface area contributed by atoms with Crippen molar-refractivity contribution in [2.24, 2.45) is 0 Å². The molecule has 0 aliphatic carbocycles. The normalized spacial score (nSPS) is 14.3.